The van der Waals surface area contributed by atoms with Crippen molar-refractivity contribution in [3.05, 3.63) is 59.8 Å². The average molecular weight is 345 g/mol. The molecule has 0 saturated carbocycles. The Hall–Kier alpha value is -3.68. The number of rotatable bonds is 3. The summed E-state index contributed by atoms with van der Waals surface area (Å²) in [6.45, 7) is 0. The van der Waals surface area contributed by atoms with E-state index in [2.05, 4.69) is 25.3 Å². The predicted molar refractivity (Wildman–Crippen MR) is 94.7 cm³/mol. The zero-order valence-corrected chi connectivity index (χ0v) is 13.7. The summed E-state index contributed by atoms with van der Waals surface area (Å²) in [5.74, 6) is 0.285. The molecule has 0 spiro atoms. The Morgan fingerprint density at radius 2 is 2.04 bits per heavy atom. The number of carbonyl (C=O) groups is 1. The van der Waals surface area contributed by atoms with Crippen molar-refractivity contribution in [1.29, 1.82) is 0 Å². The maximum absolute atomic E-state index is 11.9. The quantitative estimate of drug-likeness (QED) is 0.525. The Morgan fingerprint density at radius 1 is 1.19 bits per heavy atom. The number of benzene rings is 1. The number of carbonyl (C=O) groups excluding carboxylic acids is 1. The van der Waals surface area contributed by atoms with Crippen LogP contribution in [0.3, 0.4) is 0 Å². The molecule has 128 valence electrons. The van der Waals surface area contributed by atoms with Gasteiger partial charge in [-0.05, 0) is 37.1 Å². The monoisotopic (exact) mass is 345 g/mol. The van der Waals surface area contributed by atoms with Gasteiger partial charge in [0.2, 0.25) is 0 Å². The summed E-state index contributed by atoms with van der Waals surface area (Å²) in [6.07, 6.45) is 6.76. The Kier molecular flexibility index (Phi) is 3.05. The van der Waals surface area contributed by atoms with Crippen molar-refractivity contribution < 1.29 is 4.79 Å². The number of hydrogen-bond donors (Lipinski definition) is 3. The number of fused-ring (bicyclic) bond motifs is 3. The minimum absolute atomic E-state index is 0.321. The first-order valence-electron chi connectivity index (χ1n) is 8.27. The van der Waals surface area contributed by atoms with Crippen molar-refractivity contribution >= 4 is 5.91 Å². The van der Waals surface area contributed by atoms with E-state index < -0.39 is 5.91 Å². The van der Waals surface area contributed by atoms with E-state index in [-0.39, 0.29) is 0 Å². The van der Waals surface area contributed by atoms with E-state index in [0.29, 0.717) is 12.1 Å². The van der Waals surface area contributed by atoms with Crippen molar-refractivity contribution in [2.24, 2.45) is 5.73 Å². The molecule has 8 heteroatoms. The number of nitrogens with two attached hydrogens (primary N) is 1. The second-order valence-corrected chi connectivity index (χ2v) is 6.20. The van der Waals surface area contributed by atoms with Crippen LogP contribution in [0.25, 0.3) is 28.3 Å². The standard InChI is InChI=1S/C18H15N7O/c19-17(26)15-12-5-6-14-13(9-22-23-14)16(12)25(24-15)11-3-1-10(2-4-11)18-20-7-8-21-18/h1-4,7-9H,5-6H2,(H2,19,26)(H,20,21)(H,22,23). The molecular weight excluding hydrogens is 330 g/mol. The third kappa shape index (κ3) is 2.08. The SMILES string of the molecule is NC(=O)c1nn(-c2ccc(-c3ncc[nH]3)cc2)c2c1CCc1[nH]ncc1-2. The van der Waals surface area contributed by atoms with E-state index in [4.69, 9.17) is 5.73 Å². The second kappa shape index (κ2) is 5.41. The van der Waals surface area contributed by atoms with Crippen molar-refractivity contribution in [3.8, 4) is 28.3 Å². The lowest BCUT2D eigenvalue weighted by Gasteiger charge is -2.14. The molecule has 0 bridgehead atoms. The average Bonchev–Trinajstić information content (AvgIpc) is 3.39. The smallest absolute Gasteiger partial charge is 0.269 e. The highest BCUT2D eigenvalue weighted by molar-refractivity contribution is 5.95. The fraction of sp³-hybridized carbons (Fsp3) is 0.111. The number of primary amides is 1. The molecule has 5 rings (SSSR count). The van der Waals surface area contributed by atoms with Crippen LogP contribution in [0.15, 0.2) is 42.9 Å². The first-order valence-corrected chi connectivity index (χ1v) is 8.27. The minimum Gasteiger partial charge on any atom is -0.364 e. The highest BCUT2D eigenvalue weighted by atomic mass is 16.1. The summed E-state index contributed by atoms with van der Waals surface area (Å²) >= 11 is 0. The normalized spacial score (nSPS) is 12.6. The fourth-order valence-corrected chi connectivity index (χ4v) is 3.49. The largest absolute Gasteiger partial charge is 0.364 e. The summed E-state index contributed by atoms with van der Waals surface area (Å²) in [6, 6.07) is 7.82. The predicted octanol–water partition coefficient (Wildman–Crippen LogP) is 1.85. The topological polar surface area (TPSA) is 118 Å². The van der Waals surface area contributed by atoms with Crippen LogP contribution >= 0.6 is 0 Å². The van der Waals surface area contributed by atoms with Gasteiger partial charge in [-0.3, -0.25) is 9.89 Å². The summed E-state index contributed by atoms with van der Waals surface area (Å²) in [4.78, 5) is 19.2. The molecule has 8 nitrogen and oxygen atoms in total. The molecule has 0 radical (unpaired) electrons. The van der Waals surface area contributed by atoms with Gasteiger partial charge >= 0.3 is 0 Å². The van der Waals surface area contributed by atoms with Crippen LogP contribution < -0.4 is 5.73 Å². The number of aromatic nitrogens is 6. The van der Waals surface area contributed by atoms with Crippen LogP contribution in [0.5, 0.6) is 0 Å². The first kappa shape index (κ1) is 14.6. The van der Waals surface area contributed by atoms with E-state index in [1.165, 1.54) is 0 Å². The van der Waals surface area contributed by atoms with Crippen molar-refractivity contribution in [2.75, 3.05) is 0 Å². The van der Waals surface area contributed by atoms with Gasteiger partial charge in [0, 0.05) is 34.8 Å². The number of amides is 1. The number of nitrogens with zero attached hydrogens (tertiary/aromatic N) is 4. The molecule has 1 aliphatic rings. The van der Waals surface area contributed by atoms with Crippen LogP contribution in [0.4, 0.5) is 0 Å². The summed E-state index contributed by atoms with van der Waals surface area (Å²) < 4.78 is 1.77. The molecule has 0 atom stereocenters. The third-order valence-corrected chi connectivity index (χ3v) is 4.70. The summed E-state index contributed by atoms with van der Waals surface area (Å²) in [5, 5.41) is 11.7. The lowest BCUT2D eigenvalue weighted by atomic mass is 9.93. The molecule has 1 aliphatic carbocycles. The number of hydrogen-bond acceptors (Lipinski definition) is 4. The van der Waals surface area contributed by atoms with Crippen molar-refractivity contribution in [3.63, 3.8) is 0 Å². The van der Waals surface area contributed by atoms with Gasteiger partial charge in [0.1, 0.15) is 5.82 Å². The number of aryl methyl sites for hydroxylation is 1. The van der Waals surface area contributed by atoms with Crippen LogP contribution in [-0.4, -0.2) is 35.9 Å². The van der Waals surface area contributed by atoms with E-state index in [9.17, 15) is 4.79 Å². The zero-order chi connectivity index (χ0) is 17.7. The van der Waals surface area contributed by atoms with Gasteiger partial charge in [-0.15, -0.1) is 0 Å². The van der Waals surface area contributed by atoms with E-state index >= 15 is 0 Å². The number of aromatic amines is 2. The number of nitrogens with one attached hydrogen (secondary N) is 2. The zero-order valence-electron chi connectivity index (χ0n) is 13.7. The molecule has 4 N–H and O–H groups in total. The molecule has 0 unspecified atom stereocenters. The molecule has 0 aliphatic heterocycles. The van der Waals surface area contributed by atoms with Crippen LogP contribution in [0.1, 0.15) is 21.7 Å². The molecule has 3 aromatic heterocycles. The molecule has 0 fully saturated rings. The lowest BCUT2D eigenvalue weighted by Crippen LogP contribution is -2.15. The third-order valence-electron chi connectivity index (χ3n) is 4.70. The van der Waals surface area contributed by atoms with Gasteiger partial charge in [0.05, 0.1) is 17.6 Å². The molecule has 0 saturated heterocycles. The maximum atomic E-state index is 11.9. The molecule has 3 heterocycles. The lowest BCUT2D eigenvalue weighted by molar-refractivity contribution is 0.0994. The van der Waals surface area contributed by atoms with Crippen LogP contribution in [0, 0.1) is 0 Å². The molecular formula is C18H15N7O. The Morgan fingerprint density at radius 3 is 2.77 bits per heavy atom. The highest BCUT2D eigenvalue weighted by Crippen LogP contribution is 2.36. The van der Waals surface area contributed by atoms with Gasteiger partial charge in [-0.2, -0.15) is 10.2 Å². The van der Waals surface area contributed by atoms with E-state index in [1.54, 1.807) is 23.3 Å². The van der Waals surface area contributed by atoms with Crippen LogP contribution in [0.2, 0.25) is 0 Å². The number of H-pyrrole nitrogens is 2. The van der Waals surface area contributed by atoms with Gasteiger partial charge < -0.3 is 10.7 Å². The summed E-state index contributed by atoms with van der Waals surface area (Å²) in [5.41, 5.74) is 11.5. The highest BCUT2D eigenvalue weighted by Gasteiger charge is 2.29. The Balaban J connectivity index is 1.67. The van der Waals surface area contributed by atoms with Crippen molar-refractivity contribution in [2.45, 2.75) is 12.8 Å². The van der Waals surface area contributed by atoms with E-state index in [0.717, 1.165) is 46.0 Å². The second-order valence-electron chi connectivity index (χ2n) is 6.20. The number of imidazole rings is 1. The molecule has 4 aromatic rings. The molecule has 1 amide bonds. The minimum atomic E-state index is -0.515. The van der Waals surface area contributed by atoms with Gasteiger partial charge in [-0.1, -0.05) is 0 Å². The summed E-state index contributed by atoms with van der Waals surface area (Å²) in [7, 11) is 0. The Labute approximate surface area is 148 Å². The Bertz CT molecular complexity index is 1100. The van der Waals surface area contributed by atoms with Crippen LogP contribution in [-0.2, 0) is 12.8 Å². The first-order chi connectivity index (χ1) is 12.7. The van der Waals surface area contributed by atoms with Crippen molar-refractivity contribution in [1.82, 2.24) is 29.9 Å². The van der Waals surface area contributed by atoms with E-state index in [1.807, 2.05) is 24.3 Å². The van der Waals surface area contributed by atoms with Gasteiger partial charge in [0.25, 0.3) is 5.91 Å². The molecule has 26 heavy (non-hydrogen) atoms. The maximum Gasteiger partial charge on any atom is 0.269 e. The molecule has 1 aromatic carbocycles. The van der Waals surface area contributed by atoms with Gasteiger partial charge in [0.15, 0.2) is 5.69 Å². The van der Waals surface area contributed by atoms with Gasteiger partial charge in [-0.25, -0.2) is 9.67 Å². The fourth-order valence-electron chi connectivity index (χ4n) is 3.49.